The van der Waals surface area contributed by atoms with Crippen LogP contribution in [-0.2, 0) is 19.7 Å². The van der Waals surface area contributed by atoms with Crippen LogP contribution in [0.25, 0.3) is 0 Å². The molecule has 0 bridgehead atoms. The fourth-order valence-electron chi connectivity index (χ4n) is 2.70. The summed E-state index contributed by atoms with van der Waals surface area (Å²) in [5.41, 5.74) is -1.43. The lowest BCUT2D eigenvalue weighted by molar-refractivity contribution is 0.0229. The Hall–Kier alpha value is -1.75. The molecule has 1 aromatic rings. The Morgan fingerprint density at radius 2 is 1.55 bits per heavy atom. The smallest absolute Gasteiger partial charge is 0.422 e. The second-order valence-corrected chi connectivity index (χ2v) is 11.7. The van der Waals surface area contributed by atoms with Gasteiger partial charge in [0.25, 0.3) is 0 Å². The maximum atomic E-state index is 12.2. The molecule has 188 valence electrons. The van der Waals surface area contributed by atoms with Crippen LogP contribution in [0, 0.1) is 0 Å². The van der Waals surface area contributed by atoms with Crippen LogP contribution in [0.5, 0.6) is 0 Å². The lowest BCUT2D eigenvalue weighted by atomic mass is 10.2. The molecule has 1 unspecified atom stereocenters. The molecule has 2 amide bonds. The molecule has 1 atom stereocenters. The number of halogens is 2. The Kier molecular flexibility index (Phi) is 10.7. The average Bonchev–Trinajstić information content (AvgIpc) is 3.08. The number of hydrogen-bond acceptors (Lipinski definition) is 6. The minimum atomic E-state index is -4.08. The molecule has 0 radical (unpaired) electrons. The third-order valence-corrected chi connectivity index (χ3v) is 5.69. The highest BCUT2D eigenvalue weighted by Gasteiger charge is 2.33. The van der Waals surface area contributed by atoms with E-state index in [0.717, 1.165) is 6.42 Å². The van der Waals surface area contributed by atoms with Crippen molar-refractivity contribution in [1.82, 2.24) is 14.3 Å². The van der Waals surface area contributed by atoms with E-state index in [4.69, 9.17) is 32.7 Å². The first-order chi connectivity index (χ1) is 15.0. The number of likely N-dealkylation sites (tertiary alicyclic amines) is 1. The van der Waals surface area contributed by atoms with E-state index < -0.39 is 33.6 Å². The van der Waals surface area contributed by atoms with Gasteiger partial charge in [0.2, 0.25) is 0 Å². The monoisotopic (exact) mass is 525 g/mol. The van der Waals surface area contributed by atoms with Crippen molar-refractivity contribution in [1.29, 1.82) is 0 Å². The number of benzene rings is 1. The maximum Gasteiger partial charge on any atom is 0.422 e. The van der Waals surface area contributed by atoms with E-state index >= 15 is 0 Å². The molecule has 0 saturated carbocycles. The van der Waals surface area contributed by atoms with Crippen molar-refractivity contribution < 1.29 is 27.5 Å². The van der Waals surface area contributed by atoms with E-state index in [9.17, 15) is 18.0 Å². The van der Waals surface area contributed by atoms with E-state index in [1.54, 1.807) is 58.4 Å². The van der Waals surface area contributed by atoms with Gasteiger partial charge < -0.3 is 14.4 Å². The quantitative estimate of drug-likeness (QED) is 0.586. The Balaban J connectivity index is 0.000000568. The summed E-state index contributed by atoms with van der Waals surface area (Å²) in [6, 6.07) is 6.86. The number of carbonyl (C=O) groups excluding carboxylic acids is 2. The van der Waals surface area contributed by atoms with Crippen molar-refractivity contribution in [2.45, 2.75) is 71.6 Å². The molecule has 0 spiro atoms. The molecule has 0 aromatic heterocycles. The molecule has 0 aliphatic carbocycles. The Bertz CT molecular complexity index is 892. The van der Waals surface area contributed by atoms with Crippen molar-refractivity contribution in [3.63, 3.8) is 0 Å². The topological polar surface area (TPSA) is 114 Å². The molecule has 1 aliphatic rings. The van der Waals surface area contributed by atoms with Crippen molar-refractivity contribution >= 4 is 45.6 Å². The molecule has 1 aliphatic heterocycles. The van der Waals surface area contributed by atoms with E-state index in [2.05, 4.69) is 4.72 Å². The second kappa shape index (κ2) is 12.1. The van der Waals surface area contributed by atoms with Gasteiger partial charge in [-0.15, -0.1) is 0 Å². The van der Waals surface area contributed by atoms with Gasteiger partial charge in [-0.25, -0.2) is 14.3 Å². The Morgan fingerprint density at radius 1 is 1.03 bits per heavy atom. The number of amides is 2. The number of rotatable bonds is 4. The molecule has 1 aromatic carbocycles. The van der Waals surface area contributed by atoms with Gasteiger partial charge in [-0.3, -0.25) is 0 Å². The van der Waals surface area contributed by atoms with Gasteiger partial charge in [-0.1, -0.05) is 35.3 Å². The zero-order valence-electron chi connectivity index (χ0n) is 19.8. The first-order valence-electron chi connectivity index (χ1n) is 10.4. The highest BCUT2D eigenvalue weighted by atomic mass is 35.5. The molecule has 1 saturated heterocycles. The summed E-state index contributed by atoms with van der Waals surface area (Å²) in [5.74, 6) is 0. The van der Waals surface area contributed by atoms with Crippen LogP contribution >= 0.6 is 23.2 Å². The standard InChI is InChI=1S/C15H29N3O6S.C6H4Cl2/c1-14(2,3)23-12(19)17-25(21,22)16-10-11-8-7-9-18(11)13(20)24-15(4,5)6;7-5-3-1-2-4-6(5)8/h11,16H,7-10H2,1-6H3,(H,17,19);1-4H. The molecule has 12 heteroatoms. The van der Waals surface area contributed by atoms with Crippen LogP contribution in [0.3, 0.4) is 0 Å². The Labute approximate surface area is 206 Å². The summed E-state index contributed by atoms with van der Waals surface area (Å²) in [6.45, 7) is 10.7. The van der Waals surface area contributed by atoms with Gasteiger partial charge in [0.15, 0.2) is 0 Å². The Morgan fingerprint density at radius 3 is 2.00 bits per heavy atom. The third kappa shape index (κ3) is 12.3. The molecule has 2 N–H and O–H groups in total. The first kappa shape index (κ1) is 29.3. The number of ether oxygens (including phenoxy) is 2. The molecule has 33 heavy (non-hydrogen) atoms. The fraction of sp³-hybridized carbons (Fsp3) is 0.619. The minimum absolute atomic E-state index is 0.0165. The highest BCUT2D eigenvalue weighted by Crippen LogP contribution is 2.21. The van der Waals surface area contributed by atoms with Gasteiger partial charge in [-0.2, -0.15) is 13.1 Å². The summed E-state index contributed by atoms with van der Waals surface area (Å²) in [7, 11) is -4.08. The molecular weight excluding hydrogens is 493 g/mol. The predicted molar refractivity (Wildman–Crippen MR) is 129 cm³/mol. The molecule has 9 nitrogen and oxygen atoms in total. The zero-order valence-corrected chi connectivity index (χ0v) is 22.1. The van der Waals surface area contributed by atoms with Crippen molar-refractivity contribution in [2.75, 3.05) is 13.1 Å². The SMILES string of the molecule is CC(C)(C)OC(=O)NS(=O)(=O)NCC1CCCN1C(=O)OC(C)(C)C.Clc1ccccc1Cl. The fourth-order valence-corrected chi connectivity index (χ4v) is 3.72. The van der Waals surface area contributed by atoms with Gasteiger partial charge in [0.05, 0.1) is 10.0 Å². The summed E-state index contributed by atoms with van der Waals surface area (Å²) in [6.07, 6.45) is -0.135. The summed E-state index contributed by atoms with van der Waals surface area (Å²) < 4.78 is 38.2. The lowest BCUT2D eigenvalue weighted by Crippen LogP contribution is -2.48. The van der Waals surface area contributed by atoms with Crippen LogP contribution in [0.4, 0.5) is 9.59 Å². The number of carbonyl (C=O) groups is 2. The average molecular weight is 526 g/mol. The van der Waals surface area contributed by atoms with E-state index in [0.29, 0.717) is 23.0 Å². The predicted octanol–water partition coefficient (Wildman–Crippen LogP) is 4.74. The van der Waals surface area contributed by atoms with Crippen LogP contribution in [-0.4, -0.2) is 55.8 Å². The molecular formula is C21H33Cl2N3O6S. The van der Waals surface area contributed by atoms with E-state index in [1.807, 2.05) is 12.1 Å². The molecule has 1 heterocycles. The van der Waals surface area contributed by atoms with Crippen LogP contribution < -0.4 is 9.44 Å². The number of nitrogens with zero attached hydrogens (tertiary/aromatic N) is 1. The van der Waals surface area contributed by atoms with E-state index in [1.165, 1.54) is 4.90 Å². The van der Waals surface area contributed by atoms with Gasteiger partial charge in [0, 0.05) is 19.1 Å². The summed E-state index contributed by atoms with van der Waals surface area (Å²) in [5, 5.41) is 1.21. The molecule has 2 rings (SSSR count). The maximum absolute atomic E-state index is 12.2. The highest BCUT2D eigenvalue weighted by molar-refractivity contribution is 7.88. The third-order valence-electron chi connectivity index (χ3n) is 3.96. The molecule has 1 fully saturated rings. The number of nitrogens with one attached hydrogen (secondary N) is 2. The number of hydrogen-bond donors (Lipinski definition) is 2. The normalized spacial score (nSPS) is 16.5. The largest absolute Gasteiger partial charge is 0.444 e. The summed E-state index contributed by atoms with van der Waals surface area (Å²) in [4.78, 5) is 25.2. The minimum Gasteiger partial charge on any atom is -0.444 e. The van der Waals surface area contributed by atoms with Crippen molar-refractivity contribution in [3.05, 3.63) is 34.3 Å². The van der Waals surface area contributed by atoms with Crippen LogP contribution in [0.1, 0.15) is 54.4 Å². The van der Waals surface area contributed by atoms with Crippen molar-refractivity contribution in [3.8, 4) is 0 Å². The van der Waals surface area contributed by atoms with E-state index in [-0.39, 0.29) is 12.6 Å². The van der Waals surface area contributed by atoms with Gasteiger partial charge in [0.1, 0.15) is 11.2 Å². The van der Waals surface area contributed by atoms with Gasteiger partial charge >= 0.3 is 22.4 Å². The first-order valence-corrected chi connectivity index (χ1v) is 12.6. The van der Waals surface area contributed by atoms with Crippen molar-refractivity contribution in [2.24, 2.45) is 0 Å². The van der Waals surface area contributed by atoms with Crippen LogP contribution in [0.2, 0.25) is 10.0 Å². The lowest BCUT2D eigenvalue weighted by Gasteiger charge is -2.28. The second-order valence-electron chi connectivity index (χ2n) is 9.34. The van der Waals surface area contributed by atoms with Crippen LogP contribution in [0.15, 0.2) is 24.3 Å². The van der Waals surface area contributed by atoms with Gasteiger partial charge in [-0.05, 0) is 66.5 Å². The summed E-state index contributed by atoms with van der Waals surface area (Å²) >= 11 is 11.2. The zero-order chi connectivity index (χ0) is 25.4.